The quantitative estimate of drug-likeness (QED) is 0.284. The van der Waals surface area contributed by atoms with E-state index in [0.717, 1.165) is 16.7 Å². The molecular weight excluding hydrogens is 416 g/mol. The highest BCUT2D eigenvalue weighted by Crippen LogP contribution is 2.35. The summed E-state index contributed by atoms with van der Waals surface area (Å²) in [6, 6.07) is 8.09. The largest absolute Gasteiger partial charge is 0.548 e. The lowest BCUT2D eigenvalue weighted by molar-refractivity contribution is -0.384. The highest BCUT2D eigenvalue weighted by atomic mass is 32.2. The standard InChI is InChI=1S/C19H16N2O6S2/c1-2-3-14(18(23)24)20-17(22)16(29-19(20)28)10-13-8-9-15(27-13)11-4-6-12(7-5-11)21(25)26/h4-10,14H,2-3H2,1H3,(H,23,24)/p-1/b16-10-/t14-/m1/s1. The van der Waals surface area contributed by atoms with Crippen LogP contribution >= 0.6 is 24.0 Å². The average Bonchev–Trinajstić information content (AvgIpc) is 3.25. The minimum atomic E-state index is -1.34. The molecular formula is C19H15N2O6S2-. The number of carboxylic acids is 1. The number of hydrogen-bond donors (Lipinski definition) is 0. The molecule has 1 saturated heterocycles. The molecule has 1 fully saturated rings. The lowest BCUT2D eigenvalue weighted by Crippen LogP contribution is -2.49. The molecule has 0 unspecified atom stereocenters. The normalized spacial score (nSPS) is 16.4. The molecule has 0 bridgehead atoms. The summed E-state index contributed by atoms with van der Waals surface area (Å²) >= 11 is 6.19. The zero-order valence-corrected chi connectivity index (χ0v) is 16.8. The second kappa shape index (κ2) is 8.58. The number of nitro benzene ring substituents is 1. The molecule has 1 aromatic carbocycles. The van der Waals surface area contributed by atoms with Crippen LogP contribution in [0.1, 0.15) is 25.5 Å². The monoisotopic (exact) mass is 431 g/mol. The molecule has 0 saturated carbocycles. The summed E-state index contributed by atoms with van der Waals surface area (Å²) in [6.07, 6.45) is 2.30. The second-order valence-electron chi connectivity index (χ2n) is 6.18. The number of nitrogens with zero attached hydrogens (tertiary/aromatic N) is 2. The number of aliphatic carboxylic acids is 1. The van der Waals surface area contributed by atoms with E-state index in [1.165, 1.54) is 18.2 Å². The van der Waals surface area contributed by atoms with Gasteiger partial charge in [-0.3, -0.25) is 19.8 Å². The van der Waals surface area contributed by atoms with Crippen LogP contribution in [0.5, 0.6) is 0 Å². The lowest BCUT2D eigenvalue weighted by atomic mass is 10.1. The van der Waals surface area contributed by atoms with Gasteiger partial charge in [-0.15, -0.1) is 0 Å². The van der Waals surface area contributed by atoms with E-state index in [1.807, 2.05) is 6.92 Å². The van der Waals surface area contributed by atoms with E-state index in [4.69, 9.17) is 16.6 Å². The summed E-state index contributed by atoms with van der Waals surface area (Å²) in [5, 5.41) is 22.2. The minimum Gasteiger partial charge on any atom is -0.548 e. The van der Waals surface area contributed by atoms with Gasteiger partial charge in [0.15, 0.2) is 0 Å². The van der Waals surface area contributed by atoms with Gasteiger partial charge in [-0.1, -0.05) is 37.3 Å². The number of carbonyl (C=O) groups is 2. The topological polar surface area (TPSA) is 117 Å². The molecule has 29 heavy (non-hydrogen) atoms. The third-order valence-corrected chi connectivity index (χ3v) is 5.56. The van der Waals surface area contributed by atoms with Gasteiger partial charge in [0.2, 0.25) is 0 Å². The average molecular weight is 431 g/mol. The Kier molecular flexibility index (Phi) is 6.14. The summed E-state index contributed by atoms with van der Waals surface area (Å²) in [7, 11) is 0. The smallest absolute Gasteiger partial charge is 0.269 e. The van der Waals surface area contributed by atoms with Crippen LogP contribution in [0.2, 0.25) is 0 Å². The number of carbonyl (C=O) groups excluding carboxylic acids is 2. The molecule has 0 spiro atoms. The predicted molar refractivity (Wildman–Crippen MR) is 110 cm³/mol. The zero-order chi connectivity index (χ0) is 21.1. The number of furan rings is 1. The van der Waals surface area contributed by atoms with Gasteiger partial charge < -0.3 is 14.3 Å². The number of nitro groups is 1. The molecule has 2 heterocycles. The maximum absolute atomic E-state index is 12.7. The number of amides is 1. The van der Waals surface area contributed by atoms with Crippen molar-refractivity contribution in [2.45, 2.75) is 25.8 Å². The molecule has 1 amide bonds. The van der Waals surface area contributed by atoms with Crippen molar-refractivity contribution >= 4 is 51.9 Å². The van der Waals surface area contributed by atoms with Gasteiger partial charge in [0.25, 0.3) is 11.6 Å². The number of thioether (sulfide) groups is 1. The Morgan fingerprint density at radius 3 is 2.59 bits per heavy atom. The highest BCUT2D eigenvalue weighted by Gasteiger charge is 2.37. The summed E-state index contributed by atoms with van der Waals surface area (Å²) in [6.45, 7) is 1.81. The molecule has 3 rings (SSSR count). The molecule has 8 nitrogen and oxygen atoms in total. The fourth-order valence-electron chi connectivity index (χ4n) is 2.84. The lowest BCUT2D eigenvalue weighted by Gasteiger charge is -2.27. The van der Waals surface area contributed by atoms with E-state index in [1.54, 1.807) is 24.3 Å². The van der Waals surface area contributed by atoms with Crippen LogP contribution in [-0.4, -0.2) is 32.1 Å². The van der Waals surface area contributed by atoms with Gasteiger partial charge in [-0.2, -0.15) is 0 Å². The number of rotatable bonds is 7. The van der Waals surface area contributed by atoms with E-state index in [-0.39, 0.29) is 21.3 Å². The van der Waals surface area contributed by atoms with Crippen molar-refractivity contribution in [2.24, 2.45) is 0 Å². The van der Waals surface area contributed by atoms with Crippen LogP contribution in [-0.2, 0) is 9.59 Å². The maximum Gasteiger partial charge on any atom is 0.269 e. The third-order valence-electron chi connectivity index (χ3n) is 4.23. The fraction of sp³-hybridized carbons (Fsp3) is 0.211. The molecule has 1 atom stereocenters. The van der Waals surface area contributed by atoms with Crippen LogP contribution in [0, 0.1) is 10.1 Å². The Balaban J connectivity index is 1.82. The van der Waals surface area contributed by atoms with E-state index in [2.05, 4.69) is 0 Å². The van der Waals surface area contributed by atoms with Crippen LogP contribution in [0.4, 0.5) is 5.69 Å². The van der Waals surface area contributed by atoms with Gasteiger partial charge in [0.05, 0.1) is 21.8 Å². The molecule has 0 aliphatic carbocycles. The van der Waals surface area contributed by atoms with Gasteiger partial charge in [-0.05, 0) is 30.7 Å². The molecule has 150 valence electrons. The first-order valence-electron chi connectivity index (χ1n) is 8.64. The minimum absolute atomic E-state index is 0.0289. The highest BCUT2D eigenvalue weighted by molar-refractivity contribution is 8.26. The molecule has 1 aliphatic rings. The second-order valence-corrected chi connectivity index (χ2v) is 7.86. The van der Waals surface area contributed by atoms with E-state index in [9.17, 15) is 24.8 Å². The van der Waals surface area contributed by atoms with Gasteiger partial charge >= 0.3 is 0 Å². The Morgan fingerprint density at radius 2 is 2.00 bits per heavy atom. The predicted octanol–water partition coefficient (Wildman–Crippen LogP) is 2.97. The molecule has 1 aromatic heterocycles. The van der Waals surface area contributed by atoms with Crippen molar-refractivity contribution < 1.29 is 24.0 Å². The Bertz CT molecular complexity index is 1010. The first-order chi connectivity index (χ1) is 13.8. The van der Waals surface area contributed by atoms with Crippen LogP contribution < -0.4 is 5.11 Å². The third kappa shape index (κ3) is 4.38. The molecule has 1 aliphatic heterocycles. The van der Waals surface area contributed by atoms with Gasteiger partial charge in [0.1, 0.15) is 15.8 Å². The number of thiocarbonyl (C=S) groups is 1. The molecule has 0 radical (unpaired) electrons. The summed E-state index contributed by atoms with van der Waals surface area (Å²) < 4.78 is 5.86. The van der Waals surface area contributed by atoms with Crippen molar-refractivity contribution in [3.63, 3.8) is 0 Å². The Hall–Kier alpha value is -2.98. The first kappa shape index (κ1) is 20.7. The van der Waals surface area contributed by atoms with Gasteiger partial charge in [-0.25, -0.2) is 0 Å². The van der Waals surface area contributed by atoms with Crippen molar-refractivity contribution in [3.05, 3.63) is 57.2 Å². The van der Waals surface area contributed by atoms with Crippen molar-refractivity contribution in [2.75, 3.05) is 0 Å². The number of carboxylic acid groups (broad SMARTS) is 1. The van der Waals surface area contributed by atoms with Crippen LogP contribution in [0.15, 0.2) is 45.7 Å². The number of hydrogen-bond acceptors (Lipinski definition) is 8. The summed E-state index contributed by atoms with van der Waals surface area (Å²) in [4.78, 5) is 35.7. The van der Waals surface area contributed by atoms with E-state index in [0.29, 0.717) is 23.5 Å². The van der Waals surface area contributed by atoms with Crippen LogP contribution in [0.25, 0.3) is 17.4 Å². The molecule has 0 N–H and O–H groups in total. The van der Waals surface area contributed by atoms with Crippen LogP contribution in [0.3, 0.4) is 0 Å². The van der Waals surface area contributed by atoms with Crippen molar-refractivity contribution in [1.82, 2.24) is 4.90 Å². The summed E-state index contributed by atoms with van der Waals surface area (Å²) in [5.74, 6) is -1.00. The molecule has 2 aromatic rings. The van der Waals surface area contributed by atoms with Crippen molar-refractivity contribution in [1.29, 1.82) is 0 Å². The first-order valence-corrected chi connectivity index (χ1v) is 9.87. The number of benzene rings is 1. The Labute approximate surface area is 175 Å². The van der Waals surface area contributed by atoms with Crippen molar-refractivity contribution in [3.8, 4) is 11.3 Å². The summed E-state index contributed by atoms with van der Waals surface area (Å²) in [5.41, 5.74) is 0.613. The Morgan fingerprint density at radius 1 is 1.31 bits per heavy atom. The van der Waals surface area contributed by atoms with Gasteiger partial charge in [0, 0.05) is 23.8 Å². The van der Waals surface area contributed by atoms with E-state index >= 15 is 0 Å². The maximum atomic E-state index is 12.7. The molecule has 10 heteroatoms. The number of non-ortho nitro benzene ring substituents is 1. The zero-order valence-electron chi connectivity index (χ0n) is 15.2. The van der Waals surface area contributed by atoms with E-state index < -0.39 is 22.8 Å². The SMILES string of the molecule is CCC[C@H](C(=O)[O-])N1C(=O)/C(=C/c2ccc(-c3ccc([N+](=O)[O-])cc3)o2)SC1=S. The fourth-order valence-corrected chi connectivity index (χ4v) is 4.17.